The fourth-order valence-electron chi connectivity index (χ4n) is 3.01. The van der Waals surface area contributed by atoms with Crippen molar-refractivity contribution < 1.29 is 5.11 Å². The first-order chi connectivity index (χ1) is 7.55. The summed E-state index contributed by atoms with van der Waals surface area (Å²) in [6.45, 7) is 5.18. The molecule has 0 aliphatic heterocycles. The maximum absolute atomic E-state index is 10.2. The van der Waals surface area contributed by atoms with Crippen molar-refractivity contribution in [3.8, 4) is 0 Å². The van der Waals surface area contributed by atoms with Crippen LogP contribution in [-0.2, 0) is 0 Å². The number of nitrogens with two attached hydrogens (primary N) is 1. The zero-order valence-corrected chi connectivity index (χ0v) is 11.0. The fourth-order valence-corrected chi connectivity index (χ4v) is 3.01. The molecule has 3 atom stereocenters. The third kappa shape index (κ3) is 4.84. The number of unbranched alkanes of at least 4 members (excludes halogenated alkanes) is 1. The molecule has 3 unspecified atom stereocenters. The van der Waals surface area contributed by atoms with Gasteiger partial charge in [0, 0.05) is 0 Å². The lowest BCUT2D eigenvalue weighted by atomic mass is 9.80. The van der Waals surface area contributed by atoms with Crippen molar-refractivity contribution in [1.82, 2.24) is 0 Å². The molecule has 1 fully saturated rings. The first-order valence-electron chi connectivity index (χ1n) is 6.97. The average Bonchev–Trinajstić information content (AvgIpc) is 2.39. The molecule has 0 saturated heterocycles. The Balaban J connectivity index is 2.37. The van der Waals surface area contributed by atoms with Crippen LogP contribution in [0.25, 0.3) is 0 Å². The largest absolute Gasteiger partial charge is 0.390 e. The van der Waals surface area contributed by atoms with Gasteiger partial charge >= 0.3 is 0 Å². The van der Waals surface area contributed by atoms with Crippen LogP contribution in [0.1, 0.15) is 65.2 Å². The number of rotatable bonds is 5. The molecule has 1 rings (SSSR count). The second kappa shape index (κ2) is 6.61. The van der Waals surface area contributed by atoms with Gasteiger partial charge in [-0.25, -0.2) is 0 Å². The van der Waals surface area contributed by atoms with E-state index in [1.54, 1.807) is 0 Å². The van der Waals surface area contributed by atoms with Crippen LogP contribution >= 0.6 is 0 Å². The molecule has 1 saturated carbocycles. The van der Waals surface area contributed by atoms with E-state index in [9.17, 15) is 5.11 Å². The smallest absolute Gasteiger partial charge is 0.0622 e. The second-order valence-electron chi connectivity index (χ2n) is 5.97. The number of aliphatic hydroxyl groups is 1. The molecular weight excluding hydrogens is 198 g/mol. The fraction of sp³-hybridized carbons (Fsp3) is 1.00. The predicted octanol–water partition coefficient (Wildman–Crippen LogP) is 3.08. The summed E-state index contributed by atoms with van der Waals surface area (Å²) in [5, 5.41) is 10.2. The maximum atomic E-state index is 10.2. The minimum Gasteiger partial charge on any atom is -0.390 e. The van der Waals surface area contributed by atoms with E-state index in [-0.39, 0.29) is 0 Å². The quantitative estimate of drug-likeness (QED) is 0.560. The van der Waals surface area contributed by atoms with Gasteiger partial charge < -0.3 is 10.8 Å². The van der Waals surface area contributed by atoms with Crippen LogP contribution in [0.5, 0.6) is 0 Å². The van der Waals surface area contributed by atoms with E-state index in [4.69, 9.17) is 5.73 Å². The highest BCUT2D eigenvalue weighted by molar-refractivity contribution is 4.82. The summed E-state index contributed by atoms with van der Waals surface area (Å²) in [5.74, 6) is 1.46. The van der Waals surface area contributed by atoms with Crippen LogP contribution in [0.2, 0.25) is 0 Å². The Labute approximate surface area is 101 Å². The molecule has 2 nitrogen and oxygen atoms in total. The highest BCUT2D eigenvalue weighted by atomic mass is 16.3. The van der Waals surface area contributed by atoms with Gasteiger partial charge in [0.15, 0.2) is 0 Å². The summed E-state index contributed by atoms with van der Waals surface area (Å²) in [6, 6.07) is 0. The molecule has 0 bridgehead atoms. The Morgan fingerprint density at radius 1 is 1.38 bits per heavy atom. The molecule has 0 aromatic heterocycles. The summed E-state index contributed by atoms with van der Waals surface area (Å²) >= 11 is 0. The van der Waals surface area contributed by atoms with E-state index in [2.05, 4.69) is 6.92 Å². The van der Waals surface area contributed by atoms with Crippen molar-refractivity contribution in [2.45, 2.75) is 70.8 Å². The van der Waals surface area contributed by atoms with Gasteiger partial charge in [-0.05, 0) is 44.6 Å². The molecule has 2 heteroatoms. The SMILES string of the molecule is CC(CCCCN)C1CCCCC(C)(O)C1. The molecule has 16 heavy (non-hydrogen) atoms. The lowest BCUT2D eigenvalue weighted by molar-refractivity contribution is 0.0236. The Morgan fingerprint density at radius 2 is 2.12 bits per heavy atom. The molecule has 96 valence electrons. The summed E-state index contributed by atoms with van der Waals surface area (Å²) in [4.78, 5) is 0. The topological polar surface area (TPSA) is 46.2 Å². The lowest BCUT2D eigenvalue weighted by Gasteiger charge is -2.29. The van der Waals surface area contributed by atoms with E-state index < -0.39 is 5.60 Å². The Morgan fingerprint density at radius 3 is 2.81 bits per heavy atom. The molecule has 1 aliphatic carbocycles. The van der Waals surface area contributed by atoms with Gasteiger partial charge in [-0.3, -0.25) is 0 Å². The summed E-state index contributed by atoms with van der Waals surface area (Å²) in [7, 11) is 0. The summed E-state index contributed by atoms with van der Waals surface area (Å²) < 4.78 is 0. The van der Waals surface area contributed by atoms with Gasteiger partial charge in [0.2, 0.25) is 0 Å². The zero-order chi connectivity index (χ0) is 12.0. The van der Waals surface area contributed by atoms with Crippen LogP contribution in [0.4, 0.5) is 0 Å². The Kier molecular flexibility index (Phi) is 5.77. The number of hydrogen-bond acceptors (Lipinski definition) is 2. The van der Waals surface area contributed by atoms with E-state index in [1.165, 1.54) is 32.1 Å². The minimum absolute atomic E-state index is 0.413. The highest BCUT2D eigenvalue weighted by Gasteiger charge is 2.30. The lowest BCUT2D eigenvalue weighted by Crippen LogP contribution is -2.28. The normalized spacial score (nSPS) is 33.4. The molecule has 3 N–H and O–H groups in total. The van der Waals surface area contributed by atoms with Crippen LogP contribution in [0.15, 0.2) is 0 Å². The molecule has 0 amide bonds. The average molecular weight is 227 g/mol. The van der Waals surface area contributed by atoms with Crippen LogP contribution in [0, 0.1) is 11.8 Å². The number of hydrogen-bond donors (Lipinski definition) is 2. The van der Waals surface area contributed by atoms with Gasteiger partial charge in [-0.2, -0.15) is 0 Å². The van der Waals surface area contributed by atoms with Crippen LogP contribution < -0.4 is 5.73 Å². The van der Waals surface area contributed by atoms with Gasteiger partial charge in [0.25, 0.3) is 0 Å². The van der Waals surface area contributed by atoms with E-state index in [0.29, 0.717) is 0 Å². The molecule has 0 radical (unpaired) electrons. The van der Waals surface area contributed by atoms with Crippen molar-refractivity contribution >= 4 is 0 Å². The third-order valence-corrected chi connectivity index (χ3v) is 4.16. The van der Waals surface area contributed by atoms with Gasteiger partial charge in [0.1, 0.15) is 0 Å². The maximum Gasteiger partial charge on any atom is 0.0622 e. The first-order valence-corrected chi connectivity index (χ1v) is 6.97. The molecule has 0 spiro atoms. The molecular formula is C14H29NO. The minimum atomic E-state index is -0.413. The predicted molar refractivity (Wildman–Crippen MR) is 69.3 cm³/mol. The highest BCUT2D eigenvalue weighted by Crippen LogP contribution is 2.36. The Hall–Kier alpha value is -0.0800. The first kappa shape index (κ1) is 14.0. The van der Waals surface area contributed by atoms with Gasteiger partial charge in [0.05, 0.1) is 5.60 Å². The van der Waals surface area contributed by atoms with Gasteiger partial charge in [-0.15, -0.1) is 0 Å². The van der Waals surface area contributed by atoms with Gasteiger partial charge in [-0.1, -0.05) is 39.0 Å². The van der Waals surface area contributed by atoms with Crippen molar-refractivity contribution in [2.75, 3.05) is 6.54 Å². The van der Waals surface area contributed by atoms with Crippen LogP contribution in [-0.4, -0.2) is 17.3 Å². The van der Waals surface area contributed by atoms with Crippen molar-refractivity contribution in [3.05, 3.63) is 0 Å². The van der Waals surface area contributed by atoms with E-state index in [0.717, 1.165) is 37.6 Å². The molecule has 0 heterocycles. The summed E-state index contributed by atoms with van der Waals surface area (Å²) in [5.41, 5.74) is 5.11. The van der Waals surface area contributed by atoms with E-state index >= 15 is 0 Å². The van der Waals surface area contributed by atoms with Crippen molar-refractivity contribution in [2.24, 2.45) is 17.6 Å². The monoisotopic (exact) mass is 227 g/mol. The van der Waals surface area contributed by atoms with E-state index in [1.807, 2.05) is 6.92 Å². The standard InChI is InChI=1S/C14H29NO/c1-12(7-4-6-10-15)13-8-3-5-9-14(2,16)11-13/h12-13,16H,3-11,15H2,1-2H3. The van der Waals surface area contributed by atoms with Crippen molar-refractivity contribution in [1.29, 1.82) is 0 Å². The summed E-state index contributed by atoms with van der Waals surface area (Å²) in [6.07, 6.45) is 9.44. The zero-order valence-electron chi connectivity index (χ0n) is 11.0. The second-order valence-corrected chi connectivity index (χ2v) is 5.97. The Bertz CT molecular complexity index is 191. The molecule has 0 aromatic carbocycles. The molecule has 0 aromatic rings. The molecule has 1 aliphatic rings. The van der Waals surface area contributed by atoms with Crippen molar-refractivity contribution in [3.63, 3.8) is 0 Å². The van der Waals surface area contributed by atoms with Crippen LogP contribution in [0.3, 0.4) is 0 Å². The third-order valence-electron chi connectivity index (χ3n) is 4.16.